The molecule has 4 nitrogen and oxygen atoms in total. The predicted octanol–water partition coefficient (Wildman–Crippen LogP) is 7.82. The van der Waals surface area contributed by atoms with E-state index in [1.54, 1.807) is 0 Å². The number of benzene rings is 4. The Morgan fingerprint density at radius 3 is 1.42 bits per heavy atom. The molecule has 0 aliphatic rings. The molecule has 0 N–H and O–H groups in total. The second kappa shape index (κ2) is 7.27. The van der Waals surface area contributed by atoms with Crippen LogP contribution in [0.2, 0.25) is 0 Å². The van der Waals surface area contributed by atoms with E-state index in [0.29, 0.717) is 0 Å². The zero-order valence-corrected chi connectivity index (χ0v) is 19.3. The molecule has 8 rings (SSSR count). The Morgan fingerprint density at radius 2 is 0.889 bits per heavy atom. The summed E-state index contributed by atoms with van der Waals surface area (Å²) < 4.78 is 4.56. The molecule has 168 valence electrons. The van der Waals surface area contributed by atoms with Crippen molar-refractivity contribution >= 4 is 54.6 Å². The van der Waals surface area contributed by atoms with E-state index in [0.717, 1.165) is 33.6 Å². The molecule has 4 aromatic heterocycles. The van der Waals surface area contributed by atoms with E-state index < -0.39 is 0 Å². The maximum absolute atomic E-state index is 5.09. The number of aromatic nitrogens is 4. The Balaban J connectivity index is 1.42. The third-order valence-electron chi connectivity index (χ3n) is 7.20. The molecule has 0 unspecified atom stereocenters. The second-order valence-corrected chi connectivity index (χ2v) is 9.11. The number of rotatable bonds is 2. The number of hydrogen-bond donors (Lipinski definition) is 0. The molecule has 36 heavy (non-hydrogen) atoms. The largest absolute Gasteiger partial charge is 0.308 e. The van der Waals surface area contributed by atoms with Gasteiger partial charge in [0.15, 0.2) is 5.65 Å². The lowest BCUT2D eigenvalue weighted by atomic mass is 10.2. The summed E-state index contributed by atoms with van der Waals surface area (Å²) in [4.78, 5) is 9.79. The van der Waals surface area contributed by atoms with Crippen molar-refractivity contribution in [2.24, 2.45) is 0 Å². The fourth-order valence-electron chi connectivity index (χ4n) is 5.68. The van der Waals surface area contributed by atoms with Crippen LogP contribution in [0, 0.1) is 0 Å². The Morgan fingerprint density at radius 1 is 0.417 bits per heavy atom. The first kappa shape index (κ1) is 19.4. The molecule has 0 bridgehead atoms. The van der Waals surface area contributed by atoms with Crippen LogP contribution in [-0.4, -0.2) is 19.1 Å². The lowest BCUT2D eigenvalue weighted by Gasteiger charge is -2.12. The van der Waals surface area contributed by atoms with Crippen LogP contribution in [0.4, 0.5) is 0 Å². The van der Waals surface area contributed by atoms with Gasteiger partial charge in [-0.3, -0.25) is 4.57 Å². The molecule has 0 aliphatic carbocycles. The first-order valence-corrected chi connectivity index (χ1v) is 12.1. The highest BCUT2D eigenvalue weighted by molar-refractivity contribution is 6.11. The van der Waals surface area contributed by atoms with Gasteiger partial charge in [-0.25, -0.2) is 9.97 Å². The maximum Gasteiger partial charge on any atom is 0.163 e. The summed E-state index contributed by atoms with van der Waals surface area (Å²) in [6, 6.07) is 40.5. The first-order valence-electron chi connectivity index (χ1n) is 12.1. The van der Waals surface area contributed by atoms with Gasteiger partial charge in [0.2, 0.25) is 0 Å². The molecule has 0 saturated carbocycles. The molecular weight excluding hydrogens is 440 g/mol. The number of para-hydroxylation sites is 4. The fourth-order valence-corrected chi connectivity index (χ4v) is 5.68. The Labute approximate surface area is 206 Å². The summed E-state index contributed by atoms with van der Waals surface area (Å²) in [5.74, 6) is 0.867. The van der Waals surface area contributed by atoms with Gasteiger partial charge in [0.1, 0.15) is 5.82 Å². The van der Waals surface area contributed by atoms with Gasteiger partial charge in [-0.15, -0.1) is 0 Å². The van der Waals surface area contributed by atoms with Crippen LogP contribution in [0.15, 0.2) is 121 Å². The third kappa shape index (κ3) is 2.58. The number of hydrogen-bond acceptors (Lipinski definition) is 2. The molecule has 0 aliphatic heterocycles. The monoisotopic (exact) mass is 460 g/mol. The Bertz CT molecular complexity index is 2010. The van der Waals surface area contributed by atoms with E-state index in [1.165, 1.54) is 32.6 Å². The van der Waals surface area contributed by atoms with Gasteiger partial charge in [0, 0.05) is 33.1 Å². The van der Waals surface area contributed by atoms with Gasteiger partial charge in [0.25, 0.3) is 0 Å². The molecule has 0 radical (unpaired) electrons. The average molecular weight is 461 g/mol. The van der Waals surface area contributed by atoms with Crippen LogP contribution in [-0.2, 0) is 0 Å². The topological polar surface area (TPSA) is 35.6 Å². The molecule has 0 spiro atoms. The van der Waals surface area contributed by atoms with Gasteiger partial charge in [-0.2, -0.15) is 0 Å². The minimum Gasteiger partial charge on any atom is -0.308 e. The number of fused-ring (bicyclic) bond motifs is 7. The number of nitrogens with zero attached hydrogens (tertiary/aromatic N) is 4. The Hall–Kier alpha value is -4.96. The minimum atomic E-state index is 0.730. The van der Waals surface area contributed by atoms with Crippen molar-refractivity contribution in [3.63, 3.8) is 0 Å². The van der Waals surface area contributed by atoms with Crippen LogP contribution >= 0.6 is 0 Å². The van der Waals surface area contributed by atoms with Crippen molar-refractivity contribution in [2.45, 2.75) is 0 Å². The van der Waals surface area contributed by atoms with Crippen LogP contribution < -0.4 is 0 Å². The zero-order chi connectivity index (χ0) is 23.6. The zero-order valence-electron chi connectivity index (χ0n) is 19.3. The van der Waals surface area contributed by atoms with E-state index in [1.807, 2.05) is 6.20 Å². The molecule has 0 amide bonds. The highest BCUT2D eigenvalue weighted by Crippen LogP contribution is 2.35. The van der Waals surface area contributed by atoms with Crippen LogP contribution in [0.5, 0.6) is 0 Å². The number of pyridine rings is 2. The van der Waals surface area contributed by atoms with E-state index in [-0.39, 0.29) is 0 Å². The summed E-state index contributed by atoms with van der Waals surface area (Å²) in [6.45, 7) is 0. The second-order valence-electron chi connectivity index (χ2n) is 9.11. The summed E-state index contributed by atoms with van der Waals surface area (Å²) >= 11 is 0. The molecule has 4 aromatic carbocycles. The van der Waals surface area contributed by atoms with Crippen molar-refractivity contribution in [1.29, 1.82) is 0 Å². The van der Waals surface area contributed by atoms with Crippen molar-refractivity contribution < 1.29 is 0 Å². The van der Waals surface area contributed by atoms with Gasteiger partial charge < -0.3 is 4.57 Å². The molecule has 4 heteroatoms. The van der Waals surface area contributed by atoms with Gasteiger partial charge in [0.05, 0.1) is 27.8 Å². The van der Waals surface area contributed by atoms with Crippen LogP contribution in [0.3, 0.4) is 0 Å². The van der Waals surface area contributed by atoms with Crippen LogP contribution in [0.1, 0.15) is 0 Å². The smallest absolute Gasteiger partial charge is 0.163 e. The Kier molecular flexibility index (Phi) is 3.91. The molecular formula is C32H20N4. The van der Waals surface area contributed by atoms with Crippen LogP contribution in [0.25, 0.3) is 66.2 Å². The van der Waals surface area contributed by atoms with Crippen molar-refractivity contribution in [3.8, 4) is 11.5 Å². The lowest BCUT2D eigenvalue weighted by molar-refractivity contribution is 1.08. The molecule has 4 heterocycles. The molecule has 8 aromatic rings. The van der Waals surface area contributed by atoms with Crippen molar-refractivity contribution in [3.05, 3.63) is 121 Å². The molecule has 0 saturated heterocycles. The molecule has 0 fully saturated rings. The summed E-state index contributed by atoms with van der Waals surface area (Å²) in [7, 11) is 0. The maximum atomic E-state index is 5.09. The van der Waals surface area contributed by atoms with E-state index in [2.05, 4.69) is 124 Å². The highest BCUT2D eigenvalue weighted by atomic mass is 15.1. The highest BCUT2D eigenvalue weighted by Gasteiger charge is 2.16. The predicted molar refractivity (Wildman–Crippen MR) is 148 cm³/mol. The summed E-state index contributed by atoms with van der Waals surface area (Å²) in [6.07, 6.45) is 1.86. The van der Waals surface area contributed by atoms with E-state index >= 15 is 0 Å². The van der Waals surface area contributed by atoms with Gasteiger partial charge in [-0.05, 0) is 42.5 Å². The average Bonchev–Trinajstić information content (AvgIpc) is 3.46. The third-order valence-corrected chi connectivity index (χ3v) is 7.20. The lowest BCUT2D eigenvalue weighted by Crippen LogP contribution is -2.01. The fraction of sp³-hybridized carbons (Fsp3) is 0. The summed E-state index contributed by atoms with van der Waals surface area (Å²) in [5.41, 5.74) is 6.45. The van der Waals surface area contributed by atoms with Crippen molar-refractivity contribution in [2.75, 3.05) is 0 Å². The summed E-state index contributed by atoms with van der Waals surface area (Å²) in [5, 5.41) is 5.96. The van der Waals surface area contributed by atoms with E-state index in [9.17, 15) is 0 Å². The molecule has 0 atom stereocenters. The quantitative estimate of drug-likeness (QED) is 0.264. The normalized spacial score (nSPS) is 11.9. The van der Waals surface area contributed by atoms with Crippen molar-refractivity contribution in [1.82, 2.24) is 19.1 Å². The van der Waals surface area contributed by atoms with Gasteiger partial charge in [-0.1, -0.05) is 72.8 Å². The van der Waals surface area contributed by atoms with E-state index in [4.69, 9.17) is 9.97 Å². The standard InChI is InChI=1S/C32H20N4/c1-5-13-26-21(9-1)22-10-2-6-14-27(22)35(26)30-19-20-33-32-25(30)17-18-31(34-32)36-28-15-7-3-11-23(28)24-12-4-8-16-29(24)36/h1-20H. The van der Waals surface area contributed by atoms with Gasteiger partial charge >= 0.3 is 0 Å². The SMILES string of the molecule is c1ccc2c(c1)c1ccccc1n2-c1ccc2c(-n3c4ccccc4c4ccccc43)ccnc2n1. The minimum absolute atomic E-state index is 0.730. The first-order chi connectivity index (χ1) is 17.9.